The van der Waals surface area contributed by atoms with Crippen LogP contribution in [0.5, 0.6) is 0 Å². The van der Waals surface area contributed by atoms with Crippen molar-refractivity contribution < 1.29 is 0 Å². The lowest BCUT2D eigenvalue weighted by Gasteiger charge is -2.08. The number of anilines is 1. The van der Waals surface area contributed by atoms with Crippen LogP contribution >= 0.6 is 0 Å². The first-order chi connectivity index (χ1) is 11.4. The van der Waals surface area contributed by atoms with Crippen molar-refractivity contribution in [3.63, 3.8) is 0 Å². The summed E-state index contributed by atoms with van der Waals surface area (Å²) in [5.74, 6) is 0. The molecular weight excluding hydrogens is 294 g/mol. The molecule has 3 aromatic rings. The van der Waals surface area contributed by atoms with Crippen LogP contribution in [0.4, 0.5) is 5.69 Å². The van der Waals surface area contributed by atoms with E-state index in [0.29, 0.717) is 0 Å². The molecule has 0 amide bonds. The lowest BCUT2D eigenvalue weighted by Crippen LogP contribution is -2.05. The summed E-state index contributed by atoms with van der Waals surface area (Å²) in [7, 11) is 0. The topological polar surface area (TPSA) is 43.8 Å². The zero-order valence-electron chi connectivity index (χ0n) is 14.9. The Morgan fingerprint density at radius 3 is 2.12 bits per heavy atom. The normalized spacial score (nSPS) is 11.0. The number of benzene rings is 2. The Balaban J connectivity index is 1.87. The Morgan fingerprint density at radius 2 is 1.50 bits per heavy atom. The second kappa shape index (κ2) is 6.52. The van der Waals surface area contributed by atoms with Crippen molar-refractivity contribution in [2.24, 2.45) is 0 Å². The van der Waals surface area contributed by atoms with Crippen LogP contribution in [-0.4, -0.2) is 9.78 Å². The van der Waals surface area contributed by atoms with Crippen molar-refractivity contribution in [2.45, 2.75) is 40.7 Å². The van der Waals surface area contributed by atoms with Gasteiger partial charge in [0.1, 0.15) is 0 Å². The Labute approximate surface area is 144 Å². The van der Waals surface area contributed by atoms with E-state index in [-0.39, 0.29) is 0 Å². The van der Waals surface area contributed by atoms with Gasteiger partial charge in [-0.25, -0.2) is 0 Å². The monoisotopic (exact) mass is 319 g/mol. The zero-order valence-corrected chi connectivity index (χ0v) is 14.9. The van der Waals surface area contributed by atoms with Gasteiger partial charge in [0, 0.05) is 23.4 Å². The molecule has 24 heavy (non-hydrogen) atoms. The molecule has 0 aliphatic carbocycles. The second-order valence-electron chi connectivity index (χ2n) is 6.72. The number of aromatic nitrogens is 2. The molecule has 1 heterocycles. The largest absolute Gasteiger partial charge is 0.399 e. The average Bonchev–Trinajstić information content (AvgIpc) is 2.76. The first kappa shape index (κ1) is 16.3. The van der Waals surface area contributed by atoms with Gasteiger partial charge >= 0.3 is 0 Å². The number of rotatable bonds is 4. The molecule has 0 bridgehead atoms. The SMILES string of the molecule is Cc1cc(C)cc(Cn2nc(C)c(Cc3ccc(N)cc3)c2C)c1. The molecule has 1 aromatic heterocycles. The van der Waals surface area contributed by atoms with Crippen LogP contribution in [0.1, 0.15) is 39.2 Å². The standard InChI is InChI=1S/C21H25N3/c1-14-9-15(2)11-19(10-14)13-24-17(4)21(16(3)23-24)12-18-5-7-20(22)8-6-18/h5-11H,12-13,22H2,1-4H3. The van der Waals surface area contributed by atoms with Gasteiger partial charge in [-0.05, 0) is 51.0 Å². The third-order valence-corrected chi connectivity index (χ3v) is 4.51. The van der Waals surface area contributed by atoms with E-state index in [1.807, 2.05) is 12.1 Å². The van der Waals surface area contributed by atoms with Gasteiger partial charge in [0.15, 0.2) is 0 Å². The van der Waals surface area contributed by atoms with E-state index in [4.69, 9.17) is 10.8 Å². The van der Waals surface area contributed by atoms with Crippen LogP contribution in [-0.2, 0) is 13.0 Å². The maximum atomic E-state index is 5.78. The molecule has 124 valence electrons. The molecule has 3 heteroatoms. The van der Waals surface area contributed by atoms with E-state index in [9.17, 15) is 0 Å². The van der Waals surface area contributed by atoms with Crippen molar-refractivity contribution in [1.29, 1.82) is 0 Å². The lowest BCUT2D eigenvalue weighted by molar-refractivity contribution is 0.657. The van der Waals surface area contributed by atoms with Crippen molar-refractivity contribution in [3.8, 4) is 0 Å². The molecule has 0 saturated heterocycles. The van der Waals surface area contributed by atoms with Gasteiger partial charge in [0.25, 0.3) is 0 Å². The van der Waals surface area contributed by atoms with Gasteiger partial charge in [-0.3, -0.25) is 4.68 Å². The third-order valence-electron chi connectivity index (χ3n) is 4.51. The third kappa shape index (κ3) is 3.51. The van der Waals surface area contributed by atoms with Crippen LogP contribution in [0.25, 0.3) is 0 Å². The predicted octanol–water partition coefficient (Wildman–Crippen LogP) is 4.34. The Kier molecular flexibility index (Phi) is 4.43. The highest BCUT2D eigenvalue weighted by Gasteiger charge is 2.12. The van der Waals surface area contributed by atoms with Crippen LogP contribution in [0.3, 0.4) is 0 Å². The highest BCUT2D eigenvalue weighted by Crippen LogP contribution is 2.20. The Morgan fingerprint density at radius 1 is 0.875 bits per heavy atom. The van der Waals surface area contributed by atoms with E-state index < -0.39 is 0 Å². The highest BCUT2D eigenvalue weighted by molar-refractivity contribution is 5.41. The first-order valence-electron chi connectivity index (χ1n) is 8.37. The quantitative estimate of drug-likeness (QED) is 0.727. The molecule has 0 fully saturated rings. The van der Waals surface area contributed by atoms with Gasteiger partial charge in [0.05, 0.1) is 12.2 Å². The minimum Gasteiger partial charge on any atom is -0.399 e. The average molecular weight is 319 g/mol. The van der Waals surface area contributed by atoms with Crippen molar-refractivity contribution in [2.75, 3.05) is 5.73 Å². The number of aryl methyl sites for hydroxylation is 3. The molecule has 0 atom stereocenters. The zero-order chi connectivity index (χ0) is 17.3. The van der Waals surface area contributed by atoms with E-state index in [0.717, 1.165) is 24.3 Å². The fraction of sp³-hybridized carbons (Fsp3) is 0.286. The summed E-state index contributed by atoms with van der Waals surface area (Å²) in [6.45, 7) is 9.36. The molecule has 0 saturated carbocycles. The molecule has 0 aliphatic heterocycles. The van der Waals surface area contributed by atoms with Crippen LogP contribution in [0.2, 0.25) is 0 Å². The maximum Gasteiger partial charge on any atom is 0.0662 e. The number of nitrogens with two attached hydrogens (primary N) is 1. The fourth-order valence-corrected chi connectivity index (χ4v) is 3.32. The van der Waals surface area contributed by atoms with Crippen molar-refractivity contribution >= 4 is 5.69 Å². The van der Waals surface area contributed by atoms with Crippen molar-refractivity contribution in [1.82, 2.24) is 9.78 Å². The van der Waals surface area contributed by atoms with E-state index in [1.165, 1.54) is 33.5 Å². The van der Waals surface area contributed by atoms with Crippen molar-refractivity contribution in [3.05, 3.63) is 81.7 Å². The summed E-state index contributed by atoms with van der Waals surface area (Å²) < 4.78 is 2.12. The summed E-state index contributed by atoms with van der Waals surface area (Å²) in [6.07, 6.45) is 0.894. The molecule has 0 spiro atoms. The molecule has 0 unspecified atom stereocenters. The summed E-state index contributed by atoms with van der Waals surface area (Å²) in [5, 5.41) is 4.77. The number of hydrogen-bond acceptors (Lipinski definition) is 2. The molecule has 3 rings (SSSR count). The molecule has 2 aromatic carbocycles. The molecule has 0 radical (unpaired) electrons. The van der Waals surface area contributed by atoms with Crippen LogP contribution in [0, 0.1) is 27.7 Å². The molecular formula is C21H25N3. The smallest absolute Gasteiger partial charge is 0.0662 e. The molecule has 2 N–H and O–H groups in total. The number of hydrogen-bond donors (Lipinski definition) is 1. The lowest BCUT2D eigenvalue weighted by atomic mass is 10.0. The number of nitrogens with zero attached hydrogens (tertiary/aromatic N) is 2. The van der Waals surface area contributed by atoms with Gasteiger partial charge in [-0.15, -0.1) is 0 Å². The minimum atomic E-state index is 0.803. The van der Waals surface area contributed by atoms with Crippen LogP contribution in [0.15, 0.2) is 42.5 Å². The summed E-state index contributed by atoms with van der Waals surface area (Å²) in [6, 6.07) is 14.8. The Hall–Kier alpha value is -2.55. The van der Waals surface area contributed by atoms with E-state index in [1.54, 1.807) is 0 Å². The Bertz CT molecular complexity index is 837. The number of nitrogen functional groups attached to an aromatic ring is 1. The van der Waals surface area contributed by atoms with Crippen LogP contribution < -0.4 is 5.73 Å². The highest BCUT2D eigenvalue weighted by atomic mass is 15.3. The van der Waals surface area contributed by atoms with E-state index in [2.05, 4.69) is 62.7 Å². The minimum absolute atomic E-state index is 0.803. The second-order valence-corrected chi connectivity index (χ2v) is 6.72. The summed E-state index contributed by atoms with van der Waals surface area (Å²) in [5.41, 5.74) is 15.4. The van der Waals surface area contributed by atoms with Gasteiger partial charge in [-0.2, -0.15) is 5.10 Å². The van der Waals surface area contributed by atoms with Gasteiger partial charge in [0.2, 0.25) is 0 Å². The molecule has 3 nitrogen and oxygen atoms in total. The van der Waals surface area contributed by atoms with E-state index >= 15 is 0 Å². The summed E-state index contributed by atoms with van der Waals surface area (Å²) >= 11 is 0. The van der Waals surface area contributed by atoms with Gasteiger partial charge < -0.3 is 5.73 Å². The van der Waals surface area contributed by atoms with Gasteiger partial charge in [-0.1, -0.05) is 41.5 Å². The first-order valence-corrected chi connectivity index (χ1v) is 8.37. The maximum absolute atomic E-state index is 5.78. The fourth-order valence-electron chi connectivity index (χ4n) is 3.32. The predicted molar refractivity (Wildman–Crippen MR) is 100 cm³/mol. The summed E-state index contributed by atoms with van der Waals surface area (Å²) in [4.78, 5) is 0. The molecule has 0 aliphatic rings.